The summed E-state index contributed by atoms with van der Waals surface area (Å²) in [5, 5.41) is 0. The molecule has 0 aliphatic rings. The third kappa shape index (κ3) is 2.05. The average Bonchev–Trinajstić information content (AvgIpc) is 2.03. The summed E-state index contributed by atoms with van der Waals surface area (Å²) in [5.74, 6) is 0. The number of halogens is 1. The van der Waals surface area contributed by atoms with Crippen LogP contribution < -0.4 is 5.73 Å². The van der Waals surface area contributed by atoms with Crippen LogP contribution in [0.4, 0.5) is 0 Å². The smallest absolute Gasteiger partial charge is 0.106 e. The zero-order chi connectivity index (χ0) is 9.14. The van der Waals surface area contributed by atoms with Crippen molar-refractivity contribution < 1.29 is 0 Å². The molecule has 1 heterocycles. The first-order chi connectivity index (χ1) is 5.65. The van der Waals surface area contributed by atoms with Gasteiger partial charge in [0.05, 0.1) is 0 Å². The molecule has 1 atom stereocenters. The molecule has 2 nitrogen and oxygen atoms in total. The molecular weight excluding hydrogens is 216 g/mol. The van der Waals surface area contributed by atoms with Crippen LogP contribution >= 0.6 is 15.9 Å². The van der Waals surface area contributed by atoms with Gasteiger partial charge in [-0.1, -0.05) is 6.92 Å². The monoisotopic (exact) mass is 228 g/mol. The highest BCUT2D eigenvalue weighted by molar-refractivity contribution is 9.10. The van der Waals surface area contributed by atoms with E-state index in [1.807, 2.05) is 12.3 Å². The lowest BCUT2D eigenvalue weighted by molar-refractivity contribution is 0.689. The Kier molecular flexibility index (Phi) is 3.23. The van der Waals surface area contributed by atoms with Crippen molar-refractivity contribution in [3.63, 3.8) is 0 Å². The van der Waals surface area contributed by atoms with E-state index < -0.39 is 0 Å². The molecule has 0 aromatic carbocycles. The summed E-state index contributed by atoms with van der Waals surface area (Å²) in [6, 6.07) is 2.11. The van der Waals surface area contributed by atoms with Gasteiger partial charge in [-0.25, -0.2) is 4.98 Å². The van der Waals surface area contributed by atoms with Crippen LogP contribution in [0.15, 0.2) is 16.9 Å². The maximum atomic E-state index is 5.89. The molecule has 0 aliphatic heterocycles. The molecule has 0 fully saturated rings. The molecule has 0 saturated heterocycles. The lowest BCUT2D eigenvalue weighted by atomic mass is 10.0. The van der Waals surface area contributed by atoms with E-state index >= 15 is 0 Å². The van der Waals surface area contributed by atoms with E-state index in [1.165, 1.54) is 5.56 Å². The van der Waals surface area contributed by atoms with Crippen LogP contribution in [0, 0.1) is 6.92 Å². The van der Waals surface area contributed by atoms with Gasteiger partial charge in [0.2, 0.25) is 0 Å². The maximum Gasteiger partial charge on any atom is 0.106 e. The Morgan fingerprint density at radius 1 is 1.67 bits per heavy atom. The van der Waals surface area contributed by atoms with Crippen LogP contribution in [-0.2, 0) is 0 Å². The Hall–Kier alpha value is -0.410. The molecule has 12 heavy (non-hydrogen) atoms. The van der Waals surface area contributed by atoms with Gasteiger partial charge in [0.15, 0.2) is 0 Å². The Labute approximate surface area is 81.3 Å². The van der Waals surface area contributed by atoms with Crippen LogP contribution in [0.25, 0.3) is 0 Å². The summed E-state index contributed by atoms with van der Waals surface area (Å²) in [6.07, 6.45) is 2.79. The molecule has 66 valence electrons. The fourth-order valence-corrected chi connectivity index (χ4v) is 1.59. The Morgan fingerprint density at radius 3 is 2.83 bits per heavy atom. The molecule has 3 heteroatoms. The minimum atomic E-state index is 0.116. The summed E-state index contributed by atoms with van der Waals surface area (Å²) >= 11 is 3.32. The van der Waals surface area contributed by atoms with E-state index in [4.69, 9.17) is 5.73 Å². The highest BCUT2D eigenvalue weighted by Crippen LogP contribution is 2.19. The second kappa shape index (κ2) is 4.01. The normalized spacial score (nSPS) is 13.0. The number of hydrogen-bond donors (Lipinski definition) is 1. The van der Waals surface area contributed by atoms with Gasteiger partial charge in [-0.3, -0.25) is 0 Å². The lowest BCUT2D eigenvalue weighted by Crippen LogP contribution is -2.10. The Balaban J connectivity index is 3.01. The van der Waals surface area contributed by atoms with Crippen molar-refractivity contribution in [3.8, 4) is 0 Å². The molecule has 1 aromatic rings. The highest BCUT2D eigenvalue weighted by Gasteiger charge is 2.06. The molecule has 0 spiro atoms. The molecule has 1 rings (SSSR count). The van der Waals surface area contributed by atoms with Gasteiger partial charge in [0.25, 0.3) is 0 Å². The van der Waals surface area contributed by atoms with Crippen molar-refractivity contribution in [1.29, 1.82) is 0 Å². The predicted octanol–water partition coefficient (Wildman–Crippen LogP) is 2.56. The van der Waals surface area contributed by atoms with Gasteiger partial charge in [0, 0.05) is 12.2 Å². The van der Waals surface area contributed by atoms with Crippen LogP contribution in [0.1, 0.15) is 30.5 Å². The van der Waals surface area contributed by atoms with Crippen molar-refractivity contribution in [2.24, 2.45) is 5.73 Å². The molecule has 0 saturated carbocycles. The fraction of sp³-hybridized carbons (Fsp3) is 0.444. The number of pyridine rings is 1. The van der Waals surface area contributed by atoms with E-state index in [1.54, 1.807) is 0 Å². The van der Waals surface area contributed by atoms with Gasteiger partial charge in [-0.2, -0.15) is 0 Å². The van der Waals surface area contributed by atoms with Crippen LogP contribution in [0.3, 0.4) is 0 Å². The van der Waals surface area contributed by atoms with Crippen LogP contribution in [0.5, 0.6) is 0 Å². The number of hydrogen-bond acceptors (Lipinski definition) is 2. The van der Waals surface area contributed by atoms with E-state index in [-0.39, 0.29) is 6.04 Å². The van der Waals surface area contributed by atoms with Gasteiger partial charge in [0.1, 0.15) is 4.60 Å². The molecule has 0 aliphatic carbocycles. The predicted molar refractivity (Wildman–Crippen MR) is 53.9 cm³/mol. The molecule has 1 aromatic heterocycles. The molecule has 0 amide bonds. The molecule has 0 unspecified atom stereocenters. The van der Waals surface area contributed by atoms with Crippen molar-refractivity contribution in [1.82, 2.24) is 4.98 Å². The second-order valence-corrected chi connectivity index (χ2v) is 3.69. The number of nitrogens with two attached hydrogens (primary N) is 1. The van der Waals surface area contributed by atoms with Crippen molar-refractivity contribution in [3.05, 3.63) is 28.0 Å². The summed E-state index contributed by atoms with van der Waals surface area (Å²) in [5.41, 5.74) is 8.23. The first-order valence-corrected chi connectivity index (χ1v) is 4.82. The molecular formula is C9H13BrN2. The number of aryl methyl sites for hydroxylation is 1. The fourth-order valence-electron chi connectivity index (χ4n) is 1.14. The maximum absolute atomic E-state index is 5.89. The Bertz CT molecular complexity index is 273. The summed E-state index contributed by atoms with van der Waals surface area (Å²) in [4.78, 5) is 4.15. The quantitative estimate of drug-likeness (QED) is 0.791. The number of aromatic nitrogens is 1. The van der Waals surface area contributed by atoms with Gasteiger partial charge >= 0.3 is 0 Å². The Morgan fingerprint density at radius 2 is 2.33 bits per heavy atom. The summed E-state index contributed by atoms with van der Waals surface area (Å²) in [7, 11) is 0. The second-order valence-electron chi connectivity index (χ2n) is 2.88. The van der Waals surface area contributed by atoms with Crippen molar-refractivity contribution >= 4 is 15.9 Å². The van der Waals surface area contributed by atoms with Gasteiger partial charge in [-0.05, 0) is 46.5 Å². The summed E-state index contributed by atoms with van der Waals surface area (Å²) in [6.45, 7) is 4.13. The van der Waals surface area contributed by atoms with Gasteiger partial charge < -0.3 is 5.73 Å². The summed E-state index contributed by atoms with van der Waals surface area (Å²) < 4.78 is 0.868. The molecule has 0 radical (unpaired) electrons. The number of nitrogens with zero attached hydrogens (tertiary/aromatic N) is 1. The largest absolute Gasteiger partial charge is 0.324 e. The minimum absolute atomic E-state index is 0.116. The lowest BCUT2D eigenvalue weighted by Gasteiger charge is -2.11. The third-order valence-corrected chi connectivity index (χ3v) is 2.39. The van der Waals surface area contributed by atoms with E-state index in [2.05, 4.69) is 34.8 Å². The first kappa shape index (κ1) is 9.68. The average molecular weight is 229 g/mol. The zero-order valence-corrected chi connectivity index (χ0v) is 8.93. The van der Waals surface area contributed by atoms with Crippen LogP contribution in [0.2, 0.25) is 0 Å². The van der Waals surface area contributed by atoms with E-state index in [0.29, 0.717) is 0 Å². The highest BCUT2D eigenvalue weighted by atomic mass is 79.9. The van der Waals surface area contributed by atoms with Crippen molar-refractivity contribution in [2.75, 3.05) is 0 Å². The molecule has 2 N–H and O–H groups in total. The number of rotatable bonds is 2. The first-order valence-electron chi connectivity index (χ1n) is 4.02. The van der Waals surface area contributed by atoms with E-state index in [9.17, 15) is 0 Å². The SMILES string of the molecule is CC[C@@H](N)c1cnc(Br)cc1C. The minimum Gasteiger partial charge on any atom is -0.324 e. The third-order valence-electron chi connectivity index (χ3n) is 1.96. The van der Waals surface area contributed by atoms with Crippen LogP contribution in [-0.4, -0.2) is 4.98 Å². The standard InChI is InChI=1S/C9H13BrN2/c1-3-8(11)7-5-12-9(10)4-6(7)2/h4-5,8H,3,11H2,1-2H3/t8-/m1/s1. The van der Waals surface area contributed by atoms with E-state index in [0.717, 1.165) is 16.6 Å². The zero-order valence-electron chi connectivity index (χ0n) is 7.34. The van der Waals surface area contributed by atoms with Gasteiger partial charge in [-0.15, -0.1) is 0 Å². The topological polar surface area (TPSA) is 38.9 Å². The van der Waals surface area contributed by atoms with Crippen molar-refractivity contribution in [2.45, 2.75) is 26.3 Å². The molecule has 0 bridgehead atoms.